The van der Waals surface area contributed by atoms with Gasteiger partial charge in [0.05, 0.1) is 5.01 Å². The zero-order valence-corrected chi connectivity index (χ0v) is 9.66. The molecule has 0 aliphatic carbocycles. The molecule has 80 valence electrons. The summed E-state index contributed by atoms with van der Waals surface area (Å²) in [5.74, 6) is 0.470. The first-order chi connectivity index (χ1) is 7.16. The van der Waals surface area contributed by atoms with E-state index >= 15 is 0 Å². The van der Waals surface area contributed by atoms with Gasteiger partial charge in [-0.25, -0.2) is 15.0 Å². The van der Waals surface area contributed by atoms with Crippen molar-refractivity contribution in [2.45, 2.75) is 26.3 Å². The summed E-state index contributed by atoms with van der Waals surface area (Å²) in [6, 6.07) is 0.158. The van der Waals surface area contributed by atoms with Crippen LogP contribution in [0.2, 0.25) is 0 Å². The fourth-order valence-corrected chi connectivity index (χ4v) is 2.18. The second-order valence-corrected chi connectivity index (χ2v) is 4.97. The van der Waals surface area contributed by atoms with Gasteiger partial charge in [0.2, 0.25) is 0 Å². The number of thiazole rings is 1. The summed E-state index contributed by atoms with van der Waals surface area (Å²) in [5, 5.41) is 1.03. The fraction of sp³-hybridized carbons (Fsp3) is 0.500. The summed E-state index contributed by atoms with van der Waals surface area (Å²) >= 11 is 1.58. The van der Waals surface area contributed by atoms with Gasteiger partial charge < -0.3 is 5.73 Å². The van der Waals surface area contributed by atoms with Crippen LogP contribution in [0.1, 0.15) is 18.9 Å². The lowest BCUT2D eigenvalue weighted by Gasteiger charge is -2.12. The monoisotopic (exact) mass is 222 g/mol. The molecule has 0 aromatic carbocycles. The first kappa shape index (κ1) is 10.4. The van der Waals surface area contributed by atoms with Crippen molar-refractivity contribution in [3.8, 4) is 0 Å². The van der Waals surface area contributed by atoms with E-state index in [1.54, 1.807) is 23.7 Å². The predicted molar refractivity (Wildman–Crippen MR) is 61.7 cm³/mol. The highest BCUT2D eigenvalue weighted by molar-refractivity contribution is 7.18. The van der Waals surface area contributed by atoms with Crippen molar-refractivity contribution in [2.75, 3.05) is 0 Å². The average molecular weight is 222 g/mol. The van der Waals surface area contributed by atoms with Gasteiger partial charge in [-0.15, -0.1) is 0 Å². The number of nitrogens with two attached hydrogens (primary N) is 1. The molecule has 0 aliphatic heterocycles. The molecule has 0 aliphatic rings. The predicted octanol–water partition coefficient (Wildman–Crippen LogP) is 1.61. The van der Waals surface area contributed by atoms with Crippen molar-refractivity contribution in [2.24, 2.45) is 11.7 Å². The van der Waals surface area contributed by atoms with Crippen LogP contribution >= 0.6 is 11.3 Å². The number of aromatic nitrogens is 3. The van der Waals surface area contributed by atoms with Crippen molar-refractivity contribution in [3.05, 3.63) is 17.4 Å². The van der Waals surface area contributed by atoms with Crippen LogP contribution in [-0.4, -0.2) is 21.0 Å². The van der Waals surface area contributed by atoms with E-state index in [0.29, 0.717) is 5.92 Å². The molecule has 0 radical (unpaired) electrons. The minimum Gasteiger partial charge on any atom is -0.327 e. The van der Waals surface area contributed by atoms with E-state index in [4.69, 9.17) is 5.73 Å². The highest BCUT2D eigenvalue weighted by Crippen LogP contribution is 2.19. The molecule has 0 fully saturated rings. The molecule has 0 saturated heterocycles. The topological polar surface area (TPSA) is 64.7 Å². The SMILES string of the molecule is CC(C)C(N)Cc1nc2nccnc2s1. The normalized spacial score (nSPS) is 13.6. The van der Waals surface area contributed by atoms with Gasteiger partial charge >= 0.3 is 0 Å². The lowest BCUT2D eigenvalue weighted by Crippen LogP contribution is -2.28. The number of hydrogen-bond acceptors (Lipinski definition) is 5. The molecule has 0 amide bonds. The van der Waals surface area contributed by atoms with Gasteiger partial charge in [0, 0.05) is 24.9 Å². The van der Waals surface area contributed by atoms with E-state index < -0.39 is 0 Å². The van der Waals surface area contributed by atoms with E-state index in [1.165, 1.54) is 0 Å². The molecule has 2 heterocycles. The average Bonchev–Trinajstić information content (AvgIpc) is 2.59. The van der Waals surface area contributed by atoms with Crippen molar-refractivity contribution in [1.82, 2.24) is 15.0 Å². The Hall–Kier alpha value is -1.07. The number of nitrogens with zero attached hydrogens (tertiary/aromatic N) is 3. The summed E-state index contributed by atoms with van der Waals surface area (Å²) in [4.78, 5) is 13.6. The summed E-state index contributed by atoms with van der Waals surface area (Å²) in [6.07, 6.45) is 4.15. The van der Waals surface area contributed by atoms with Crippen LogP contribution in [0.4, 0.5) is 0 Å². The Kier molecular flexibility index (Phi) is 2.93. The third-order valence-corrected chi connectivity index (χ3v) is 3.33. The third-order valence-electron chi connectivity index (χ3n) is 2.36. The van der Waals surface area contributed by atoms with E-state index in [0.717, 1.165) is 21.9 Å². The molecule has 0 bridgehead atoms. The van der Waals surface area contributed by atoms with Crippen LogP contribution in [0.5, 0.6) is 0 Å². The molecule has 0 spiro atoms. The van der Waals surface area contributed by atoms with Crippen LogP contribution in [0.3, 0.4) is 0 Å². The standard InChI is InChI=1S/C10H14N4S/c1-6(2)7(11)5-8-14-9-10(15-8)13-4-3-12-9/h3-4,6-7H,5,11H2,1-2H3. The smallest absolute Gasteiger partial charge is 0.189 e. The number of rotatable bonds is 3. The molecule has 1 atom stereocenters. The molecule has 4 nitrogen and oxygen atoms in total. The van der Waals surface area contributed by atoms with Crippen LogP contribution in [0.25, 0.3) is 10.5 Å². The molecule has 15 heavy (non-hydrogen) atoms. The molecular formula is C10H14N4S. The van der Waals surface area contributed by atoms with E-state index in [9.17, 15) is 0 Å². The molecule has 1 unspecified atom stereocenters. The van der Waals surface area contributed by atoms with Gasteiger partial charge in [-0.3, -0.25) is 0 Å². The van der Waals surface area contributed by atoms with E-state index in [1.807, 2.05) is 0 Å². The highest BCUT2D eigenvalue weighted by Gasteiger charge is 2.12. The number of fused-ring (bicyclic) bond motifs is 1. The molecule has 2 rings (SSSR count). The third kappa shape index (κ3) is 2.30. The van der Waals surface area contributed by atoms with Gasteiger partial charge in [0.1, 0.15) is 0 Å². The molecule has 0 saturated carbocycles. The Labute approximate surface area is 92.6 Å². The van der Waals surface area contributed by atoms with Gasteiger partial charge in [-0.1, -0.05) is 25.2 Å². The summed E-state index contributed by atoms with van der Waals surface area (Å²) in [5.41, 5.74) is 6.73. The second-order valence-electron chi connectivity index (χ2n) is 3.90. The zero-order chi connectivity index (χ0) is 10.8. The fourth-order valence-electron chi connectivity index (χ4n) is 1.24. The molecule has 2 N–H and O–H groups in total. The van der Waals surface area contributed by atoms with Crippen molar-refractivity contribution in [1.29, 1.82) is 0 Å². The van der Waals surface area contributed by atoms with Crippen molar-refractivity contribution >= 4 is 21.8 Å². The summed E-state index contributed by atoms with van der Waals surface area (Å²) in [6.45, 7) is 4.24. The Morgan fingerprint density at radius 2 is 2.07 bits per heavy atom. The Bertz CT molecular complexity index is 418. The van der Waals surface area contributed by atoms with Gasteiger partial charge in [0.25, 0.3) is 0 Å². The van der Waals surface area contributed by atoms with Gasteiger partial charge in [-0.2, -0.15) is 0 Å². The van der Waals surface area contributed by atoms with Crippen LogP contribution < -0.4 is 5.73 Å². The first-order valence-electron chi connectivity index (χ1n) is 4.99. The summed E-state index contributed by atoms with van der Waals surface area (Å²) in [7, 11) is 0. The van der Waals surface area contributed by atoms with Crippen LogP contribution in [-0.2, 0) is 6.42 Å². The maximum atomic E-state index is 6.00. The Morgan fingerprint density at radius 1 is 1.33 bits per heavy atom. The number of hydrogen-bond donors (Lipinski definition) is 1. The van der Waals surface area contributed by atoms with Crippen LogP contribution in [0, 0.1) is 5.92 Å². The minimum absolute atomic E-state index is 0.158. The van der Waals surface area contributed by atoms with Gasteiger partial charge in [0.15, 0.2) is 10.5 Å². The zero-order valence-electron chi connectivity index (χ0n) is 8.84. The van der Waals surface area contributed by atoms with Crippen molar-refractivity contribution in [3.63, 3.8) is 0 Å². The largest absolute Gasteiger partial charge is 0.327 e. The maximum Gasteiger partial charge on any atom is 0.189 e. The second kappa shape index (κ2) is 4.20. The van der Waals surface area contributed by atoms with E-state index in [-0.39, 0.29) is 6.04 Å². The Morgan fingerprint density at radius 3 is 2.73 bits per heavy atom. The maximum absolute atomic E-state index is 6.00. The quantitative estimate of drug-likeness (QED) is 0.857. The summed E-state index contributed by atoms with van der Waals surface area (Å²) < 4.78 is 0. The highest BCUT2D eigenvalue weighted by atomic mass is 32.1. The first-order valence-corrected chi connectivity index (χ1v) is 5.80. The lowest BCUT2D eigenvalue weighted by atomic mass is 10.0. The molecule has 5 heteroatoms. The lowest BCUT2D eigenvalue weighted by molar-refractivity contribution is 0.490. The minimum atomic E-state index is 0.158. The van der Waals surface area contributed by atoms with Crippen LogP contribution in [0.15, 0.2) is 12.4 Å². The van der Waals surface area contributed by atoms with Crippen molar-refractivity contribution < 1.29 is 0 Å². The molecule has 2 aromatic heterocycles. The Balaban J connectivity index is 2.22. The molecular weight excluding hydrogens is 208 g/mol. The molecule has 2 aromatic rings. The van der Waals surface area contributed by atoms with E-state index in [2.05, 4.69) is 28.8 Å². The van der Waals surface area contributed by atoms with Gasteiger partial charge in [-0.05, 0) is 5.92 Å².